The maximum Gasteiger partial charge on any atom is 0.416 e. The number of benzene rings is 2. The van der Waals surface area contributed by atoms with E-state index in [-0.39, 0.29) is 11.5 Å². The average molecular weight is 528 g/mol. The molecule has 1 saturated heterocycles. The van der Waals surface area contributed by atoms with Crippen LogP contribution in [0.1, 0.15) is 45.7 Å². The van der Waals surface area contributed by atoms with Crippen LogP contribution in [0.15, 0.2) is 53.5 Å². The Morgan fingerprint density at radius 3 is 2.35 bits per heavy atom. The summed E-state index contributed by atoms with van der Waals surface area (Å²) in [6.07, 6.45) is -0.601. The quantitative estimate of drug-likeness (QED) is 0.408. The SMILES string of the molecule is CC(C)(C)[C@H](C=Cc1ccc(Cl)cc1Cl)N=C1NC(=S)N(c2cccc(C(F)(F)F)c2)C1(C)C. The van der Waals surface area contributed by atoms with Crippen molar-refractivity contribution in [1.29, 1.82) is 0 Å². The molecule has 0 spiro atoms. The van der Waals surface area contributed by atoms with Crippen molar-refractivity contribution in [3.05, 3.63) is 69.7 Å². The van der Waals surface area contributed by atoms with Gasteiger partial charge in [-0.15, -0.1) is 0 Å². The van der Waals surface area contributed by atoms with E-state index < -0.39 is 17.3 Å². The third kappa shape index (κ3) is 5.75. The van der Waals surface area contributed by atoms with E-state index in [1.165, 1.54) is 6.07 Å². The first kappa shape index (κ1) is 26.5. The van der Waals surface area contributed by atoms with Crippen LogP contribution in [0.3, 0.4) is 0 Å². The zero-order chi connectivity index (χ0) is 25.5. The molecule has 0 unspecified atom stereocenters. The van der Waals surface area contributed by atoms with E-state index in [1.807, 2.05) is 32.1 Å². The van der Waals surface area contributed by atoms with Gasteiger partial charge in [0.2, 0.25) is 0 Å². The minimum Gasteiger partial charge on any atom is -0.319 e. The zero-order valence-electron chi connectivity index (χ0n) is 19.5. The van der Waals surface area contributed by atoms with Gasteiger partial charge in [0.15, 0.2) is 5.11 Å². The van der Waals surface area contributed by atoms with Crippen molar-refractivity contribution in [1.82, 2.24) is 5.32 Å². The highest BCUT2D eigenvalue weighted by atomic mass is 35.5. The zero-order valence-corrected chi connectivity index (χ0v) is 21.8. The number of hydrogen-bond donors (Lipinski definition) is 1. The number of rotatable bonds is 4. The summed E-state index contributed by atoms with van der Waals surface area (Å²) >= 11 is 17.8. The largest absolute Gasteiger partial charge is 0.416 e. The lowest BCUT2D eigenvalue weighted by atomic mass is 9.86. The summed E-state index contributed by atoms with van der Waals surface area (Å²) < 4.78 is 39.9. The number of halogens is 5. The molecule has 1 heterocycles. The topological polar surface area (TPSA) is 27.6 Å². The lowest BCUT2D eigenvalue weighted by Crippen LogP contribution is -2.45. The predicted octanol–water partition coefficient (Wildman–Crippen LogP) is 8.01. The Hall–Kier alpha value is -2.09. The first-order valence-corrected chi connectivity index (χ1v) is 11.8. The number of thiocarbonyl (C=S) groups is 1. The van der Waals surface area contributed by atoms with Gasteiger partial charge < -0.3 is 10.2 Å². The molecule has 1 atom stereocenters. The van der Waals surface area contributed by atoms with Crippen molar-refractivity contribution in [2.24, 2.45) is 10.4 Å². The fraction of sp³-hybridized carbons (Fsp3) is 0.360. The molecule has 9 heteroatoms. The standard InChI is InChI=1S/C25H26Cl2F3N3S/c1-23(2,3)20(12-10-15-9-11-17(26)14-19(15)27)31-21-24(4,5)33(22(34)32-21)18-8-6-7-16(13-18)25(28,29)30/h6-14,20H,1-5H3,(H,31,32,34)/t20-/m0/s1. The van der Waals surface area contributed by atoms with Gasteiger partial charge in [-0.05, 0) is 67.4 Å². The third-order valence-corrected chi connectivity index (χ3v) is 6.42. The number of anilines is 1. The number of amidine groups is 1. The minimum absolute atomic E-state index is 0.259. The normalized spacial score (nSPS) is 18.6. The van der Waals surface area contributed by atoms with Crippen molar-refractivity contribution in [3.8, 4) is 0 Å². The molecule has 0 amide bonds. The summed E-state index contributed by atoms with van der Waals surface area (Å²) in [5, 5.41) is 4.49. The highest BCUT2D eigenvalue weighted by Crippen LogP contribution is 2.36. The van der Waals surface area contributed by atoms with E-state index in [0.717, 1.165) is 17.7 Å². The maximum absolute atomic E-state index is 13.3. The van der Waals surface area contributed by atoms with Crippen LogP contribution < -0.4 is 10.2 Å². The van der Waals surface area contributed by atoms with Gasteiger partial charge in [0.1, 0.15) is 5.84 Å². The van der Waals surface area contributed by atoms with Crippen LogP contribution in [-0.4, -0.2) is 22.5 Å². The van der Waals surface area contributed by atoms with Crippen molar-refractivity contribution < 1.29 is 13.2 Å². The second-order valence-corrected chi connectivity index (χ2v) is 10.9. The summed E-state index contributed by atoms with van der Waals surface area (Å²) in [7, 11) is 0. The molecular weight excluding hydrogens is 502 g/mol. The first-order valence-electron chi connectivity index (χ1n) is 10.6. The Kier molecular flexibility index (Phi) is 7.42. The van der Waals surface area contributed by atoms with E-state index in [9.17, 15) is 13.2 Å². The van der Waals surface area contributed by atoms with Crippen LogP contribution in [0, 0.1) is 5.41 Å². The van der Waals surface area contributed by atoms with Crippen molar-refractivity contribution in [2.45, 2.75) is 52.4 Å². The van der Waals surface area contributed by atoms with E-state index in [0.29, 0.717) is 26.7 Å². The van der Waals surface area contributed by atoms with Crippen LogP contribution in [-0.2, 0) is 6.18 Å². The maximum atomic E-state index is 13.3. The molecule has 0 aromatic heterocycles. The number of aliphatic imine (C=N–C) groups is 1. The molecule has 3 rings (SSSR count). The third-order valence-electron chi connectivity index (χ3n) is 5.57. The number of nitrogens with one attached hydrogen (secondary N) is 1. The van der Waals surface area contributed by atoms with E-state index in [4.69, 9.17) is 40.4 Å². The average Bonchev–Trinajstić information content (AvgIpc) is 2.92. The Bertz CT molecular complexity index is 1150. The van der Waals surface area contributed by atoms with Gasteiger partial charge in [-0.25, -0.2) is 0 Å². The fourth-order valence-corrected chi connectivity index (χ4v) is 4.52. The van der Waals surface area contributed by atoms with Crippen LogP contribution in [0.5, 0.6) is 0 Å². The molecule has 2 aromatic rings. The summed E-state index contributed by atoms with van der Waals surface area (Å²) in [4.78, 5) is 6.62. The van der Waals surface area contributed by atoms with Gasteiger partial charge in [0.25, 0.3) is 0 Å². The highest BCUT2D eigenvalue weighted by molar-refractivity contribution is 7.80. The van der Waals surface area contributed by atoms with Crippen molar-refractivity contribution in [3.63, 3.8) is 0 Å². The van der Waals surface area contributed by atoms with Crippen molar-refractivity contribution >= 4 is 58.1 Å². The Morgan fingerprint density at radius 1 is 1.09 bits per heavy atom. The smallest absolute Gasteiger partial charge is 0.319 e. The molecular formula is C25H26Cl2F3N3S. The second kappa shape index (κ2) is 9.51. The Labute approximate surface area is 213 Å². The first-order chi connectivity index (χ1) is 15.6. The molecule has 1 aliphatic heterocycles. The number of nitrogens with zero attached hydrogens (tertiary/aromatic N) is 2. The summed E-state index contributed by atoms with van der Waals surface area (Å²) in [5.41, 5.74) is -0.634. The molecule has 1 N–H and O–H groups in total. The van der Waals surface area contributed by atoms with Gasteiger partial charge in [-0.2, -0.15) is 13.2 Å². The molecule has 34 heavy (non-hydrogen) atoms. The monoisotopic (exact) mass is 527 g/mol. The Balaban J connectivity index is 1.98. The van der Waals surface area contributed by atoms with Gasteiger partial charge in [-0.1, -0.05) is 68.3 Å². The van der Waals surface area contributed by atoms with Crippen LogP contribution in [0.25, 0.3) is 6.08 Å². The van der Waals surface area contributed by atoms with E-state index in [2.05, 4.69) is 26.1 Å². The summed E-state index contributed by atoms with van der Waals surface area (Å²) in [6.45, 7) is 9.91. The molecule has 0 radical (unpaired) electrons. The molecule has 2 aromatic carbocycles. The molecule has 1 aliphatic rings. The molecule has 0 aliphatic carbocycles. The summed E-state index contributed by atoms with van der Waals surface area (Å²) in [6, 6.07) is 10.1. The fourth-order valence-electron chi connectivity index (χ4n) is 3.62. The van der Waals surface area contributed by atoms with Crippen LogP contribution in [0.2, 0.25) is 10.0 Å². The van der Waals surface area contributed by atoms with Crippen molar-refractivity contribution in [2.75, 3.05) is 4.90 Å². The lowest BCUT2D eigenvalue weighted by Gasteiger charge is -2.33. The summed E-state index contributed by atoms with van der Waals surface area (Å²) in [5.74, 6) is 0.571. The van der Waals surface area contributed by atoms with Crippen LogP contribution >= 0.6 is 35.4 Å². The van der Waals surface area contributed by atoms with Gasteiger partial charge in [0.05, 0.1) is 17.1 Å². The highest BCUT2D eigenvalue weighted by Gasteiger charge is 2.44. The number of alkyl halides is 3. The predicted molar refractivity (Wildman–Crippen MR) is 140 cm³/mol. The molecule has 0 saturated carbocycles. The van der Waals surface area contributed by atoms with Gasteiger partial charge in [0, 0.05) is 15.7 Å². The molecule has 3 nitrogen and oxygen atoms in total. The van der Waals surface area contributed by atoms with E-state index >= 15 is 0 Å². The van der Waals surface area contributed by atoms with Gasteiger partial charge in [-0.3, -0.25) is 4.99 Å². The number of hydrogen-bond acceptors (Lipinski definition) is 2. The minimum atomic E-state index is -4.45. The second-order valence-electron chi connectivity index (χ2n) is 9.69. The van der Waals surface area contributed by atoms with E-state index in [1.54, 1.807) is 23.1 Å². The van der Waals surface area contributed by atoms with Crippen LogP contribution in [0.4, 0.5) is 18.9 Å². The molecule has 182 valence electrons. The Morgan fingerprint density at radius 2 is 1.76 bits per heavy atom. The molecule has 0 bridgehead atoms. The lowest BCUT2D eigenvalue weighted by molar-refractivity contribution is -0.137. The van der Waals surface area contributed by atoms with Gasteiger partial charge >= 0.3 is 6.18 Å². The molecule has 1 fully saturated rings.